The lowest BCUT2D eigenvalue weighted by Crippen LogP contribution is -2.21. The molecule has 0 saturated heterocycles. The molecule has 0 rings (SSSR count). The first kappa shape index (κ1) is 13.5. The van der Waals surface area contributed by atoms with Gasteiger partial charge in [-0.15, -0.1) is 0 Å². The second-order valence-electron chi connectivity index (χ2n) is 1.86. The molecule has 3 nitrogen and oxygen atoms in total. The molecule has 0 aromatic carbocycles. The Hall–Kier alpha value is 0.520. The van der Waals surface area contributed by atoms with Crippen LogP contribution in [0.1, 0.15) is 0 Å². The van der Waals surface area contributed by atoms with Crippen molar-refractivity contribution in [3.8, 4) is 9.85 Å². The van der Waals surface area contributed by atoms with Crippen LogP contribution in [0.3, 0.4) is 0 Å². The molecule has 0 fully saturated rings. The Morgan fingerprint density at radius 3 is 2.54 bits per heavy atom. The molecule has 6 heteroatoms. The van der Waals surface area contributed by atoms with E-state index in [1.54, 1.807) is 0 Å². The smallest absolute Gasteiger partial charge is 0.429 e. The third-order valence-electron chi connectivity index (χ3n) is 0.936. The Balaban J connectivity index is 3.64. The lowest BCUT2D eigenvalue weighted by molar-refractivity contribution is 0.0459. The van der Waals surface area contributed by atoms with Gasteiger partial charge in [0.2, 0.25) is 0 Å². The average Bonchev–Trinajstić information content (AvgIpc) is 2.14. The van der Waals surface area contributed by atoms with Gasteiger partial charge in [-0.3, -0.25) is 0 Å². The number of alkyl halides is 2. The second-order valence-corrected chi connectivity index (χ2v) is 3.69. The molecule has 0 N–H and O–H groups in total. The molecule has 0 unspecified atom stereocenters. The normalized spacial score (nSPS) is 8.92. The summed E-state index contributed by atoms with van der Waals surface area (Å²) in [6.45, 7) is 0.0685. The molecule has 74 valence electrons. The van der Waals surface area contributed by atoms with Gasteiger partial charge in [0, 0.05) is 33.3 Å². The number of hydrogen-bond acceptors (Lipinski definition) is 3. The number of carbonyl (C=O) groups is 1. The van der Waals surface area contributed by atoms with E-state index in [9.17, 15) is 4.79 Å². The maximum atomic E-state index is 10.9. The SMILES string of the molecule is O=C(OCC#CI)OC(CBr)CBr. The van der Waals surface area contributed by atoms with Crippen LogP contribution in [0.4, 0.5) is 4.79 Å². The largest absolute Gasteiger partial charge is 0.509 e. The molecule has 0 amide bonds. The summed E-state index contributed by atoms with van der Waals surface area (Å²) in [5.41, 5.74) is 0. The highest BCUT2D eigenvalue weighted by molar-refractivity contribution is 14.1. The fraction of sp³-hybridized carbons (Fsp3) is 0.571. The minimum atomic E-state index is -0.692. The van der Waals surface area contributed by atoms with Crippen molar-refractivity contribution in [3.63, 3.8) is 0 Å². The second kappa shape index (κ2) is 9.09. The first-order valence-electron chi connectivity index (χ1n) is 3.28. The zero-order chi connectivity index (χ0) is 10.1. The van der Waals surface area contributed by atoms with E-state index in [-0.39, 0.29) is 12.7 Å². The highest BCUT2D eigenvalue weighted by atomic mass is 127. The van der Waals surface area contributed by atoms with E-state index in [0.717, 1.165) is 0 Å². The molecule has 0 heterocycles. The lowest BCUT2D eigenvalue weighted by Gasteiger charge is -2.10. The van der Waals surface area contributed by atoms with Crippen molar-refractivity contribution in [1.29, 1.82) is 0 Å². The molecule has 0 aliphatic heterocycles. The Kier molecular flexibility index (Phi) is 9.45. The maximum Gasteiger partial charge on any atom is 0.509 e. The topological polar surface area (TPSA) is 35.5 Å². The van der Waals surface area contributed by atoms with Gasteiger partial charge in [0.25, 0.3) is 0 Å². The van der Waals surface area contributed by atoms with Crippen LogP contribution in [0.15, 0.2) is 0 Å². The van der Waals surface area contributed by atoms with E-state index in [4.69, 9.17) is 4.74 Å². The van der Waals surface area contributed by atoms with Crippen LogP contribution in [0, 0.1) is 9.85 Å². The zero-order valence-electron chi connectivity index (χ0n) is 6.56. The van der Waals surface area contributed by atoms with Crippen molar-refractivity contribution in [1.82, 2.24) is 0 Å². The molecule has 0 spiro atoms. The van der Waals surface area contributed by atoms with Crippen LogP contribution in [-0.4, -0.2) is 29.5 Å². The highest BCUT2D eigenvalue weighted by Crippen LogP contribution is 2.02. The zero-order valence-corrected chi connectivity index (χ0v) is 11.9. The number of hydrogen-bond donors (Lipinski definition) is 0. The number of ether oxygens (including phenoxy) is 2. The Labute approximate surface area is 107 Å². The fourth-order valence-corrected chi connectivity index (χ4v) is 1.89. The molecular formula is C7H7Br2IO3. The van der Waals surface area contributed by atoms with Gasteiger partial charge in [-0.25, -0.2) is 4.79 Å². The molecule has 0 radical (unpaired) electrons. The van der Waals surface area contributed by atoms with Crippen molar-refractivity contribution >= 4 is 60.6 Å². The van der Waals surface area contributed by atoms with Gasteiger partial charge in [0.1, 0.15) is 6.10 Å². The van der Waals surface area contributed by atoms with E-state index in [0.29, 0.717) is 10.7 Å². The van der Waals surface area contributed by atoms with Crippen molar-refractivity contribution in [2.75, 3.05) is 17.3 Å². The Morgan fingerprint density at radius 1 is 1.46 bits per heavy atom. The van der Waals surface area contributed by atoms with Gasteiger partial charge < -0.3 is 9.47 Å². The predicted octanol–water partition coefficient (Wildman–Crippen LogP) is 2.69. The average molecular weight is 426 g/mol. The number of halogens is 3. The number of rotatable bonds is 4. The molecule has 13 heavy (non-hydrogen) atoms. The minimum absolute atomic E-state index is 0.0685. The standard InChI is InChI=1S/C7H7Br2IO3/c8-4-6(5-9)13-7(11)12-3-1-2-10/h6H,3-5H2. The maximum absolute atomic E-state index is 10.9. The molecule has 0 aromatic heterocycles. The summed E-state index contributed by atoms with van der Waals surface area (Å²) in [4.78, 5) is 10.9. The summed E-state index contributed by atoms with van der Waals surface area (Å²) in [5.74, 6) is 2.58. The third kappa shape index (κ3) is 7.58. The van der Waals surface area contributed by atoms with Crippen molar-refractivity contribution in [2.45, 2.75) is 6.10 Å². The summed E-state index contributed by atoms with van der Waals surface area (Å²) in [6.07, 6.45) is -0.900. The third-order valence-corrected chi connectivity index (χ3v) is 2.76. The van der Waals surface area contributed by atoms with Gasteiger partial charge in [-0.05, 0) is 3.93 Å². The van der Waals surface area contributed by atoms with Crippen molar-refractivity contribution < 1.29 is 14.3 Å². The summed E-state index contributed by atoms with van der Waals surface area (Å²) in [6, 6.07) is 0. The van der Waals surface area contributed by atoms with Crippen LogP contribution < -0.4 is 0 Å². The number of carbonyl (C=O) groups excluding carboxylic acids is 1. The van der Waals surface area contributed by atoms with Gasteiger partial charge in [0.15, 0.2) is 6.61 Å². The predicted molar refractivity (Wildman–Crippen MR) is 65.6 cm³/mol. The van der Waals surface area contributed by atoms with E-state index in [1.165, 1.54) is 0 Å². The van der Waals surface area contributed by atoms with Crippen LogP contribution >= 0.6 is 54.5 Å². The quantitative estimate of drug-likeness (QED) is 0.301. The van der Waals surface area contributed by atoms with E-state index < -0.39 is 6.16 Å². The molecule has 0 aliphatic rings. The van der Waals surface area contributed by atoms with Gasteiger partial charge in [0.05, 0.1) is 0 Å². The molecule has 0 bridgehead atoms. The Bertz CT molecular complexity index is 208. The first-order valence-corrected chi connectivity index (χ1v) is 6.60. The molecule has 0 saturated carbocycles. The molecular weight excluding hydrogens is 419 g/mol. The Morgan fingerprint density at radius 2 is 2.08 bits per heavy atom. The van der Waals surface area contributed by atoms with Gasteiger partial charge in [-0.2, -0.15) is 0 Å². The summed E-state index contributed by atoms with van der Waals surface area (Å²) in [7, 11) is 0. The van der Waals surface area contributed by atoms with Gasteiger partial charge in [-0.1, -0.05) is 37.8 Å². The molecule has 0 aromatic rings. The summed E-state index contributed by atoms with van der Waals surface area (Å²) in [5, 5.41) is 1.15. The van der Waals surface area contributed by atoms with Gasteiger partial charge >= 0.3 is 6.16 Å². The monoisotopic (exact) mass is 424 g/mol. The van der Waals surface area contributed by atoms with E-state index in [2.05, 4.69) is 46.4 Å². The summed E-state index contributed by atoms with van der Waals surface area (Å²) >= 11 is 8.25. The van der Waals surface area contributed by atoms with E-state index in [1.807, 2.05) is 22.6 Å². The highest BCUT2D eigenvalue weighted by Gasteiger charge is 2.11. The van der Waals surface area contributed by atoms with E-state index >= 15 is 0 Å². The lowest BCUT2D eigenvalue weighted by atomic mass is 10.5. The van der Waals surface area contributed by atoms with Crippen LogP contribution in [0.5, 0.6) is 0 Å². The van der Waals surface area contributed by atoms with Crippen molar-refractivity contribution in [3.05, 3.63) is 0 Å². The van der Waals surface area contributed by atoms with Crippen LogP contribution in [0.25, 0.3) is 0 Å². The molecule has 0 aliphatic carbocycles. The van der Waals surface area contributed by atoms with Crippen molar-refractivity contribution in [2.24, 2.45) is 0 Å². The van der Waals surface area contributed by atoms with Crippen LogP contribution in [-0.2, 0) is 9.47 Å². The first-order chi connectivity index (χ1) is 6.24. The minimum Gasteiger partial charge on any atom is -0.429 e. The fourth-order valence-electron chi connectivity index (χ4n) is 0.397. The molecule has 0 atom stereocenters. The summed E-state index contributed by atoms with van der Waals surface area (Å²) < 4.78 is 12.1. The van der Waals surface area contributed by atoms with Crippen LogP contribution in [0.2, 0.25) is 0 Å².